The number of hydrogen-bond acceptors (Lipinski definition) is 5. The van der Waals surface area contributed by atoms with Crippen LogP contribution >= 0.6 is 0 Å². The van der Waals surface area contributed by atoms with Crippen LogP contribution in [0.25, 0.3) is 17.5 Å². The average molecular weight is 587 g/mol. The Morgan fingerprint density at radius 3 is 2.23 bits per heavy atom. The molecular formula is C37H38N4O3. The summed E-state index contributed by atoms with van der Waals surface area (Å²) in [4.78, 5) is 11.3. The Bertz CT molecular complexity index is 1670. The van der Waals surface area contributed by atoms with E-state index in [4.69, 9.17) is 4.74 Å². The molecule has 5 aromatic rings. The van der Waals surface area contributed by atoms with Gasteiger partial charge in [-0.3, -0.25) is 0 Å². The van der Waals surface area contributed by atoms with Crippen LogP contribution in [0.2, 0.25) is 0 Å². The fourth-order valence-electron chi connectivity index (χ4n) is 5.06. The second-order valence-electron chi connectivity index (χ2n) is 12.1. The van der Waals surface area contributed by atoms with E-state index >= 15 is 0 Å². The lowest BCUT2D eigenvalue weighted by Gasteiger charge is -2.19. The molecule has 0 aliphatic rings. The predicted molar refractivity (Wildman–Crippen MR) is 173 cm³/mol. The summed E-state index contributed by atoms with van der Waals surface area (Å²) in [5.74, 6) is 0.717. The molecule has 0 unspecified atom stereocenters. The normalized spacial score (nSPS) is 12.3. The van der Waals surface area contributed by atoms with E-state index in [0.29, 0.717) is 18.0 Å². The van der Waals surface area contributed by atoms with Crippen molar-refractivity contribution in [3.8, 4) is 17.1 Å². The molecule has 7 nitrogen and oxygen atoms in total. The Morgan fingerprint density at radius 1 is 0.886 bits per heavy atom. The van der Waals surface area contributed by atoms with Gasteiger partial charge in [-0.15, -0.1) is 10.2 Å². The van der Waals surface area contributed by atoms with Crippen LogP contribution in [0.4, 0.5) is 0 Å². The second kappa shape index (κ2) is 14.0. The number of benzene rings is 4. The first-order chi connectivity index (χ1) is 21.2. The fraction of sp³-hybridized carbons (Fsp3) is 0.243. The van der Waals surface area contributed by atoms with Gasteiger partial charge in [-0.25, -0.2) is 4.79 Å². The van der Waals surface area contributed by atoms with Crippen molar-refractivity contribution >= 4 is 12.0 Å². The Balaban J connectivity index is 1.29. The van der Waals surface area contributed by atoms with Crippen molar-refractivity contribution in [1.29, 1.82) is 0 Å². The van der Waals surface area contributed by atoms with E-state index in [0.717, 1.165) is 47.3 Å². The molecule has 7 heteroatoms. The molecule has 44 heavy (non-hydrogen) atoms. The zero-order valence-electron chi connectivity index (χ0n) is 25.4. The fourth-order valence-corrected chi connectivity index (χ4v) is 5.06. The molecule has 5 rings (SSSR count). The third kappa shape index (κ3) is 8.28. The Hall–Kier alpha value is -5.04. The van der Waals surface area contributed by atoms with E-state index in [1.165, 1.54) is 11.1 Å². The lowest BCUT2D eigenvalue weighted by Crippen LogP contribution is -2.10. The van der Waals surface area contributed by atoms with Crippen molar-refractivity contribution in [3.05, 3.63) is 137 Å². The van der Waals surface area contributed by atoms with Crippen LogP contribution in [0.5, 0.6) is 5.75 Å². The first-order valence-electron chi connectivity index (χ1n) is 14.9. The van der Waals surface area contributed by atoms with Gasteiger partial charge in [0, 0.05) is 11.1 Å². The van der Waals surface area contributed by atoms with Crippen molar-refractivity contribution < 1.29 is 14.6 Å². The van der Waals surface area contributed by atoms with Crippen LogP contribution in [0.15, 0.2) is 103 Å². The van der Waals surface area contributed by atoms with Crippen LogP contribution in [0, 0.1) is 5.92 Å². The highest BCUT2D eigenvalue weighted by atomic mass is 16.5. The number of H-pyrrole nitrogens is 1. The first kappa shape index (κ1) is 30.4. The van der Waals surface area contributed by atoms with Crippen LogP contribution in [-0.4, -0.2) is 31.7 Å². The minimum absolute atomic E-state index is 0.115. The first-order valence-corrected chi connectivity index (χ1v) is 14.9. The van der Waals surface area contributed by atoms with Crippen molar-refractivity contribution in [2.75, 3.05) is 0 Å². The Labute approximate surface area is 258 Å². The monoisotopic (exact) mass is 586 g/mol. The molecular weight excluding hydrogens is 548 g/mol. The number of aryl methyl sites for hydroxylation is 1. The molecule has 0 bridgehead atoms. The molecule has 0 saturated carbocycles. The second-order valence-corrected chi connectivity index (χ2v) is 12.1. The number of rotatable bonds is 12. The van der Waals surface area contributed by atoms with E-state index in [1.807, 2.05) is 42.5 Å². The maximum absolute atomic E-state index is 11.3. The summed E-state index contributed by atoms with van der Waals surface area (Å²) in [6.45, 7) is 7.14. The topological polar surface area (TPSA) is 101 Å². The number of ether oxygens (including phenoxy) is 1. The molecule has 4 aromatic carbocycles. The van der Waals surface area contributed by atoms with Gasteiger partial charge in [-0.05, 0) is 76.3 Å². The number of hydrogen-bond donors (Lipinski definition) is 2. The van der Waals surface area contributed by atoms with Gasteiger partial charge in [-0.2, -0.15) is 5.21 Å². The average Bonchev–Trinajstić information content (AvgIpc) is 3.57. The lowest BCUT2D eigenvalue weighted by molar-refractivity contribution is 0.0697. The third-order valence-corrected chi connectivity index (χ3v) is 7.74. The zero-order chi connectivity index (χ0) is 30.9. The zero-order valence-corrected chi connectivity index (χ0v) is 25.4. The maximum Gasteiger partial charge on any atom is 0.335 e. The molecule has 2 N–H and O–H groups in total. The number of tetrazole rings is 1. The summed E-state index contributed by atoms with van der Waals surface area (Å²) < 4.78 is 6.28. The number of allylic oxidation sites excluding steroid dienone is 1. The van der Waals surface area contributed by atoms with Gasteiger partial charge in [0.2, 0.25) is 5.82 Å². The van der Waals surface area contributed by atoms with Gasteiger partial charge in [0.1, 0.15) is 12.4 Å². The van der Waals surface area contributed by atoms with E-state index in [1.54, 1.807) is 12.1 Å². The highest BCUT2D eigenvalue weighted by Gasteiger charge is 2.14. The number of aromatic carboxylic acids is 1. The van der Waals surface area contributed by atoms with Crippen molar-refractivity contribution in [3.63, 3.8) is 0 Å². The van der Waals surface area contributed by atoms with Crippen LogP contribution in [-0.2, 0) is 24.9 Å². The Kier molecular flexibility index (Phi) is 9.65. The standard InChI is InChI=1S/C37H38N4O3/c1-37(2,3)33-22-15-29(16-23-33)25-44-34-7-5-4-6-30(34)17-12-27(24-28-13-20-32(21-14-28)36(42)43)9-8-26-10-18-31(19-11-26)35-38-40-41-39-35/h4-7,10-23,27H,8-9,24-25H2,1-3H3,(H,42,43)(H,38,39,40,41)/b17-12+/t27-/m0/s1. The molecule has 0 fully saturated rings. The molecule has 0 saturated heterocycles. The van der Waals surface area contributed by atoms with E-state index in [9.17, 15) is 9.90 Å². The number of nitrogens with one attached hydrogen (secondary N) is 1. The van der Waals surface area contributed by atoms with Crippen LogP contribution in [0.3, 0.4) is 0 Å². The predicted octanol–water partition coefficient (Wildman–Crippen LogP) is 7.95. The quantitative estimate of drug-likeness (QED) is 0.154. The number of carbonyl (C=O) groups is 1. The highest BCUT2D eigenvalue weighted by Crippen LogP contribution is 2.26. The van der Waals surface area contributed by atoms with Gasteiger partial charge in [-0.1, -0.05) is 112 Å². The minimum Gasteiger partial charge on any atom is -0.488 e. The number of carboxylic acid groups (broad SMARTS) is 1. The summed E-state index contributed by atoms with van der Waals surface area (Å²) in [6, 6.07) is 32.1. The van der Waals surface area contributed by atoms with Crippen molar-refractivity contribution in [2.45, 2.75) is 52.1 Å². The van der Waals surface area contributed by atoms with Crippen LogP contribution in [0.1, 0.15) is 65.4 Å². The third-order valence-electron chi connectivity index (χ3n) is 7.74. The molecule has 0 aliphatic carbocycles. The number of para-hydroxylation sites is 1. The van der Waals surface area contributed by atoms with Gasteiger partial charge in [0.05, 0.1) is 5.56 Å². The Morgan fingerprint density at radius 2 is 1.57 bits per heavy atom. The van der Waals surface area contributed by atoms with Crippen molar-refractivity contribution in [1.82, 2.24) is 20.6 Å². The summed E-state index contributed by atoms with van der Waals surface area (Å²) in [5, 5.41) is 23.5. The van der Waals surface area contributed by atoms with Gasteiger partial charge in [0.25, 0.3) is 0 Å². The van der Waals surface area contributed by atoms with E-state index in [2.05, 4.69) is 96.0 Å². The molecule has 1 aromatic heterocycles. The van der Waals surface area contributed by atoms with Crippen molar-refractivity contribution in [2.24, 2.45) is 5.92 Å². The molecule has 0 radical (unpaired) electrons. The van der Waals surface area contributed by atoms with Gasteiger partial charge < -0.3 is 9.84 Å². The summed E-state index contributed by atoms with van der Waals surface area (Å²) in [6.07, 6.45) is 6.99. The molecule has 0 spiro atoms. The maximum atomic E-state index is 11.3. The molecule has 0 aliphatic heterocycles. The van der Waals surface area contributed by atoms with Gasteiger partial charge >= 0.3 is 5.97 Å². The van der Waals surface area contributed by atoms with E-state index < -0.39 is 5.97 Å². The smallest absolute Gasteiger partial charge is 0.335 e. The number of nitrogens with zero attached hydrogens (tertiary/aromatic N) is 3. The largest absolute Gasteiger partial charge is 0.488 e. The molecule has 0 amide bonds. The molecule has 1 atom stereocenters. The van der Waals surface area contributed by atoms with E-state index in [-0.39, 0.29) is 11.3 Å². The highest BCUT2D eigenvalue weighted by molar-refractivity contribution is 5.87. The number of aromatic nitrogens is 4. The number of aromatic amines is 1. The molecule has 1 heterocycles. The summed E-state index contributed by atoms with van der Waals surface area (Å²) in [7, 11) is 0. The summed E-state index contributed by atoms with van der Waals surface area (Å²) in [5.41, 5.74) is 7.10. The van der Waals surface area contributed by atoms with Gasteiger partial charge in [0.15, 0.2) is 0 Å². The minimum atomic E-state index is -0.918. The molecule has 224 valence electrons. The SMILES string of the molecule is CC(C)(C)c1ccc(COc2ccccc2/C=C/[C@H](CCc2ccc(-c3nn[nH]n3)cc2)Cc2ccc(C(=O)O)cc2)cc1. The lowest BCUT2D eigenvalue weighted by atomic mass is 9.87. The number of carboxylic acids is 1. The van der Waals surface area contributed by atoms with Crippen LogP contribution < -0.4 is 4.74 Å². The summed E-state index contributed by atoms with van der Waals surface area (Å²) >= 11 is 0.